The van der Waals surface area contributed by atoms with Crippen molar-refractivity contribution < 1.29 is 32.3 Å². The lowest BCUT2D eigenvalue weighted by Crippen LogP contribution is -2.51. The van der Waals surface area contributed by atoms with E-state index in [1.165, 1.54) is 35.0 Å². The van der Waals surface area contributed by atoms with Gasteiger partial charge in [-0.1, -0.05) is 43.2 Å². The van der Waals surface area contributed by atoms with E-state index < -0.39 is 31.4 Å². The number of H-pyrrole nitrogens is 1. The molecule has 4 heterocycles. The number of nitro groups is 1. The summed E-state index contributed by atoms with van der Waals surface area (Å²) in [5.74, 6) is -0.528. The predicted octanol–water partition coefficient (Wildman–Crippen LogP) is 7.70. The largest absolute Gasteiger partial charge is 0.455 e. The number of sulfonamides is 1. The molecule has 320 valence electrons. The molecule has 2 unspecified atom stereocenters. The van der Waals surface area contributed by atoms with Crippen LogP contribution in [0, 0.1) is 15.5 Å². The molecule has 2 saturated heterocycles. The Morgan fingerprint density at radius 1 is 1.10 bits per heavy atom. The number of pyridine rings is 1. The number of aromatic amines is 1. The molecule has 4 N–H and O–H groups in total. The second-order valence-corrected chi connectivity index (χ2v) is 18.5. The number of benzene rings is 3. The number of halogens is 1. The lowest BCUT2D eigenvalue weighted by molar-refractivity contribution is -0.384. The number of anilines is 2. The summed E-state index contributed by atoms with van der Waals surface area (Å²) in [6.07, 6.45) is 6.76. The smallest absolute Gasteiger partial charge is 0.293 e. The van der Waals surface area contributed by atoms with Gasteiger partial charge in [0, 0.05) is 66.6 Å². The van der Waals surface area contributed by atoms with Crippen molar-refractivity contribution in [1.82, 2.24) is 20.0 Å². The van der Waals surface area contributed by atoms with E-state index >= 15 is 0 Å². The Morgan fingerprint density at radius 2 is 1.93 bits per heavy atom. The average molecular weight is 870 g/mol. The number of nitrogens with one attached hydrogen (secondary N) is 4. The highest BCUT2D eigenvalue weighted by atomic mass is 35.5. The molecule has 0 saturated carbocycles. The molecule has 2 aromatic heterocycles. The molecule has 2 fully saturated rings. The molecule has 8 rings (SSSR count). The predicted molar refractivity (Wildman–Crippen MR) is 234 cm³/mol. The number of nitrogens with zero attached hydrogens (tertiary/aromatic N) is 3. The van der Waals surface area contributed by atoms with Gasteiger partial charge in [0.05, 0.1) is 47.5 Å². The maximum Gasteiger partial charge on any atom is 0.293 e. The number of aromatic nitrogens is 2. The summed E-state index contributed by atoms with van der Waals surface area (Å²) in [6, 6.07) is 20.3. The van der Waals surface area contributed by atoms with Gasteiger partial charge in [-0.25, -0.2) is 18.1 Å². The summed E-state index contributed by atoms with van der Waals surface area (Å²) in [7, 11) is -4.60. The van der Waals surface area contributed by atoms with Crippen LogP contribution in [0.2, 0.25) is 5.02 Å². The molecule has 3 aromatic carbocycles. The highest BCUT2D eigenvalue weighted by Crippen LogP contribution is 2.45. The monoisotopic (exact) mass is 869 g/mol. The Labute approximate surface area is 359 Å². The van der Waals surface area contributed by atoms with Crippen molar-refractivity contribution >= 4 is 61.2 Å². The van der Waals surface area contributed by atoms with E-state index in [-0.39, 0.29) is 41.1 Å². The quantitative estimate of drug-likeness (QED) is 0.0668. The molecule has 1 amide bonds. The molecular weight excluding hydrogens is 822 g/mol. The number of carbonyl (C=O) groups is 1. The third-order valence-corrected chi connectivity index (χ3v) is 13.0. The highest BCUT2D eigenvalue weighted by molar-refractivity contribution is 7.90. The van der Waals surface area contributed by atoms with Gasteiger partial charge in [0.2, 0.25) is 0 Å². The maximum atomic E-state index is 14.0. The number of hydrogen-bond acceptors (Lipinski definition) is 12. The fourth-order valence-electron chi connectivity index (χ4n) is 8.24. The number of nitro benzene ring substituents is 1. The van der Waals surface area contributed by atoms with E-state index in [4.69, 9.17) is 25.8 Å². The first kappa shape index (κ1) is 42.2. The van der Waals surface area contributed by atoms with E-state index in [1.807, 2.05) is 18.2 Å². The zero-order valence-electron chi connectivity index (χ0n) is 33.9. The molecule has 2 aliphatic heterocycles. The summed E-state index contributed by atoms with van der Waals surface area (Å²) in [6.45, 7) is 8.17. The van der Waals surface area contributed by atoms with Crippen LogP contribution in [-0.2, 0) is 19.5 Å². The molecule has 5 aromatic rings. The second kappa shape index (κ2) is 17.8. The molecule has 3 aliphatic rings. The first-order valence-corrected chi connectivity index (χ1v) is 22.2. The normalized spacial score (nSPS) is 19.4. The van der Waals surface area contributed by atoms with E-state index in [2.05, 4.69) is 56.2 Å². The Kier molecular flexibility index (Phi) is 12.3. The molecule has 2 atom stereocenters. The van der Waals surface area contributed by atoms with Gasteiger partial charge in [0.25, 0.3) is 21.6 Å². The van der Waals surface area contributed by atoms with Crippen molar-refractivity contribution in [3.63, 3.8) is 0 Å². The van der Waals surface area contributed by atoms with Crippen LogP contribution in [0.1, 0.15) is 55.5 Å². The minimum atomic E-state index is -4.60. The van der Waals surface area contributed by atoms with E-state index in [0.717, 1.165) is 55.9 Å². The zero-order chi connectivity index (χ0) is 42.7. The van der Waals surface area contributed by atoms with Crippen LogP contribution in [0.15, 0.2) is 95.7 Å². The fourth-order valence-corrected chi connectivity index (χ4v) is 9.35. The Morgan fingerprint density at radius 3 is 2.72 bits per heavy atom. The number of hydrogen-bond donors (Lipinski definition) is 4. The van der Waals surface area contributed by atoms with Crippen LogP contribution in [0.4, 0.5) is 17.1 Å². The summed E-state index contributed by atoms with van der Waals surface area (Å²) in [4.78, 5) is 34.8. The van der Waals surface area contributed by atoms with Gasteiger partial charge >= 0.3 is 0 Å². The molecule has 0 radical (unpaired) electrons. The minimum Gasteiger partial charge on any atom is -0.455 e. The number of ether oxygens (including phenoxy) is 3. The first-order valence-electron chi connectivity index (χ1n) is 20.3. The lowest BCUT2D eigenvalue weighted by Gasteiger charge is -2.41. The van der Waals surface area contributed by atoms with E-state index in [9.17, 15) is 23.3 Å². The van der Waals surface area contributed by atoms with Gasteiger partial charge in [-0.15, -0.1) is 0 Å². The zero-order valence-corrected chi connectivity index (χ0v) is 35.5. The lowest BCUT2D eigenvalue weighted by atomic mass is 9.71. The summed E-state index contributed by atoms with van der Waals surface area (Å²) < 4.78 is 47.0. The number of allylic oxidation sites excluding steroid dienone is 1. The van der Waals surface area contributed by atoms with Crippen molar-refractivity contribution in [2.75, 3.05) is 56.2 Å². The number of rotatable bonds is 13. The topological polar surface area (TPSA) is 190 Å². The van der Waals surface area contributed by atoms with Gasteiger partial charge in [0.15, 0.2) is 0 Å². The van der Waals surface area contributed by atoms with E-state index in [0.29, 0.717) is 42.8 Å². The average Bonchev–Trinajstić information content (AvgIpc) is 3.72. The third-order valence-electron chi connectivity index (χ3n) is 11.5. The summed E-state index contributed by atoms with van der Waals surface area (Å²) >= 11 is 6.28. The van der Waals surface area contributed by atoms with Crippen LogP contribution in [0.3, 0.4) is 0 Å². The molecular formula is C44H48ClN7O8S. The van der Waals surface area contributed by atoms with Crippen molar-refractivity contribution in [3.05, 3.63) is 117 Å². The van der Waals surface area contributed by atoms with Crippen LogP contribution >= 0.6 is 11.6 Å². The van der Waals surface area contributed by atoms with Crippen molar-refractivity contribution in [2.45, 2.75) is 56.6 Å². The molecule has 0 spiro atoms. The fraction of sp³-hybridized carbons (Fsp3) is 0.364. The van der Waals surface area contributed by atoms with Crippen molar-refractivity contribution in [2.24, 2.45) is 5.41 Å². The molecule has 0 bridgehead atoms. The SMILES string of the molecule is CC1(C)CCC(CC2CNCCN2c2ccc(C(=O)NS(=O)(=O)c3ccc(NCC4COCCO4)c([N+](=O)[O-])c3)c(Oc3cnc4[nH]ccc4c3)c2)=C(c2ccc(Cl)cc2)C1. The van der Waals surface area contributed by atoms with Gasteiger partial charge in [-0.05, 0) is 90.8 Å². The summed E-state index contributed by atoms with van der Waals surface area (Å²) in [5.41, 5.74) is 5.10. The van der Waals surface area contributed by atoms with Gasteiger partial charge < -0.3 is 34.7 Å². The first-order chi connectivity index (χ1) is 29.3. The number of carbonyl (C=O) groups excluding carboxylic acids is 1. The number of fused-ring (bicyclic) bond motifs is 1. The number of piperazine rings is 1. The van der Waals surface area contributed by atoms with Crippen molar-refractivity contribution in [1.29, 1.82) is 0 Å². The standard InChI is InChI=1S/C44H48ClN7O8S/c1-44(2)13-11-29(38(23-44)28-3-5-31(45)6-4-28)19-33-24-46-15-16-51(33)32-7-9-37(41(21-32)60-34-20-30-12-14-47-42(30)49-25-34)43(53)50-61(56,57)36-8-10-39(40(22-36)52(54)55)48-26-35-27-58-17-18-59-35/h3-10,12,14,20-22,25,33,35,46,48H,11,13,15-19,23-24,26-27H2,1-2H3,(H,47,49)(H,50,53). The van der Waals surface area contributed by atoms with Gasteiger partial charge in [0.1, 0.15) is 22.8 Å². The third kappa shape index (κ3) is 9.84. The maximum absolute atomic E-state index is 14.0. The highest BCUT2D eigenvalue weighted by Gasteiger charge is 2.32. The van der Waals surface area contributed by atoms with Crippen LogP contribution < -0.4 is 25.0 Å². The number of amides is 1. The van der Waals surface area contributed by atoms with Crippen molar-refractivity contribution in [3.8, 4) is 11.5 Å². The van der Waals surface area contributed by atoms with Crippen LogP contribution in [0.5, 0.6) is 11.5 Å². The van der Waals surface area contributed by atoms with Gasteiger partial charge in [-0.2, -0.15) is 0 Å². The molecule has 17 heteroatoms. The van der Waals surface area contributed by atoms with E-state index in [1.54, 1.807) is 30.5 Å². The summed E-state index contributed by atoms with van der Waals surface area (Å²) in [5, 5.41) is 20.1. The molecule has 61 heavy (non-hydrogen) atoms. The Hall–Kier alpha value is -5.52. The molecule has 1 aliphatic carbocycles. The second-order valence-electron chi connectivity index (χ2n) is 16.4. The van der Waals surface area contributed by atoms with Crippen LogP contribution in [-0.4, -0.2) is 87.4 Å². The van der Waals surface area contributed by atoms with Gasteiger partial charge in [-0.3, -0.25) is 14.9 Å². The Balaban J connectivity index is 1.09. The molecule has 15 nitrogen and oxygen atoms in total. The Bertz CT molecular complexity index is 2570. The minimum absolute atomic E-state index is 0.0575. The van der Waals surface area contributed by atoms with Crippen LogP contribution in [0.25, 0.3) is 16.6 Å².